The molecule has 0 saturated carbocycles. The SMILES string of the molecule is OCC1OC(c2ccc(Cl)c(Cc3ccc(C#Cc4cn[nH]c4)cc3)c2)CC(O)[C@@H]1O. The number of aliphatic hydroxyl groups excluding tert-OH is 3. The Kier molecular flexibility index (Phi) is 6.71. The summed E-state index contributed by atoms with van der Waals surface area (Å²) in [6.07, 6.45) is 1.01. The number of aromatic nitrogens is 2. The van der Waals surface area contributed by atoms with E-state index >= 15 is 0 Å². The van der Waals surface area contributed by atoms with E-state index in [1.54, 1.807) is 12.4 Å². The summed E-state index contributed by atoms with van der Waals surface area (Å²) < 4.78 is 5.80. The minimum atomic E-state index is -1.09. The Bertz CT molecular complexity index is 1070. The second-order valence-electron chi connectivity index (χ2n) is 7.60. The number of hydrogen-bond acceptors (Lipinski definition) is 5. The van der Waals surface area contributed by atoms with Crippen molar-refractivity contribution >= 4 is 11.6 Å². The van der Waals surface area contributed by atoms with Gasteiger partial charge in [-0.05, 0) is 41.3 Å². The predicted molar refractivity (Wildman–Crippen MR) is 117 cm³/mol. The second kappa shape index (κ2) is 9.65. The Hall–Kier alpha value is -2.66. The fourth-order valence-electron chi connectivity index (χ4n) is 3.64. The smallest absolute Gasteiger partial charge is 0.110 e. The number of aliphatic hydroxyl groups is 3. The van der Waals surface area contributed by atoms with Gasteiger partial charge in [0, 0.05) is 23.2 Å². The lowest BCUT2D eigenvalue weighted by atomic mass is 9.92. The summed E-state index contributed by atoms with van der Waals surface area (Å²) in [5.41, 5.74) is 4.61. The van der Waals surface area contributed by atoms with Crippen LogP contribution in [0.2, 0.25) is 5.02 Å². The zero-order chi connectivity index (χ0) is 21.8. The number of nitrogens with zero attached hydrogens (tertiary/aromatic N) is 1. The molecule has 7 heteroatoms. The molecule has 4 atom stereocenters. The molecule has 1 aliphatic rings. The van der Waals surface area contributed by atoms with Crippen LogP contribution in [-0.2, 0) is 11.2 Å². The Morgan fingerprint density at radius 1 is 1.10 bits per heavy atom. The summed E-state index contributed by atoms with van der Waals surface area (Å²) in [5.74, 6) is 6.15. The maximum atomic E-state index is 10.1. The van der Waals surface area contributed by atoms with Crippen LogP contribution >= 0.6 is 11.6 Å². The van der Waals surface area contributed by atoms with Gasteiger partial charge < -0.3 is 20.1 Å². The van der Waals surface area contributed by atoms with Crippen molar-refractivity contribution in [3.8, 4) is 11.8 Å². The highest BCUT2D eigenvalue weighted by Crippen LogP contribution is 2.34. The highest BCUT2D eigenvalue weighted by atomic mass is 35.5. The van der Waals surface area contributed by atoms with Crippen molar-refractivity contribution in [1.29, 1.82) is 0 Å². The standard InChI is InChI=1S/C24H23ClN2O4/c25-20-8-7-18(22-11-21(29)24(30)23(14-28)31-22)10-19(20)9-16-4-1-15(2-5-16)3-6-17-12-26-27-13-17/h1-2,4-5,7-8,10,12-13,21-24,28-30H,9,11,14H2,(H,26,27)/t21?,22?,23?,24-/m0/s1. The first-order valence-electron chi connectivity index (χ1n) is 10.0. The topological polar surface area (TPSA) is 98.6 Å². The highest BCUT2D eigenvalue weighted by molar-refractivity contribution is 6.31. The summed E-state index contributed by atoms with van der Waals surface area (Å²) in [5, 5.41) is 36.7. The Morgan fingerprint density at radius 2 is 1.87 bits per heavy atom. The second-order valence-corrected chi connectivity index (χ2v) is 8.01. The lowest BCUT2D eigenvalue weighted by Crippen LogP contribution is -2.47. The molecule has 0 spiro atoms. The monoisotopic (exact) mass is 438 g/mol. The summed E-state index contributed by atoms with van der Waals surface area (Å²) in [4.78, 5) is 0. The van der Waals surface area contributed by atoms with Gasteiger partial charge in [0.25, 0.3) is 0 Å². The average Bonchev–Trinajstić information content (AvgIpc) is 3.30. The van der Waals surface area contributed by atoms with Crippen LogP contribution in [0, 0.1) is 11.8 Å². The number of halogens is 1. The number of aromatic amines is 1. The molecule has 1 aromatic heterocycles. The molecule has 0 radical (unpaired) electrons. The lowest BCUT2D eigenvalue weighted by molar-refractivity contribution is -0.181. The molecule has 6 nitrogen and oxygen atoms in total. The van der Waals surface area contributed by atoms with E-state index in [4.69, 9.17) is 16.3 Å². The molecule has 0 bridgehead atoms. The van der Waals surface area contributed by atoms with Gasteiger partial charge in [-0.2, -0.15) is 5.10 Å². The van der Waals surface area contributed by atoms with Gasteiger partial charge in [0.1, 0.15) is 12.2 Å². The van der Waals surface area contributed by atoms with Gasteiger partial charge in [-0.25, -0.2) is 0 Å². The van der Waals surface area contributed by atoms with Crippen LogP contribution in [0.4, 0.5) is 0 Å². The molecule has 160 valence electrons. The minimum absolute atomic E-state index is 0.253. The number of hydrogen-bond donors (Lipinski definition) is 4. The maximum absolute atomic E-state index is 10.1. The molecule has 3 aromatic rings. The van der Waals surface area contributed by atoms with Crippen LogP contribution in [0.5, 0.6) is 0 Å². The minimum Gasteiger partial charge on any atom is -0.394 e. The van der Waals surface area contributed by atoms with E-state index in [1.807, 2.05) is 42.5 Å². The van der Waals surface area contributed by atoms with Gasteiger partial charge in [-0.1, -0.05) is 47.7 Å². The largest absolute Gasteiger partial charge is 0.394 e. The molecule has 3 unspecified atom stereocenters. The average molecular weight is 439 g/mol. The zero-order valence-corrected chi connectivity index (χ0v) is 17.5. The van der Waals surface area contributed by atoms with E-state index in [0.29, 0.717) is 11.4 Å². The van der Waals surface area contributed by atoms with Gasteiger partial charge in [0.05, 0.1) is 30.6 Å². The molecule has 2 heterocycles. The van der Waals surface area contributed by atoms with Gasteiger partial charge in [-0.15, -0.1) is 0 Å². The third-order valence-corrected chi connectivity index (χ3v) is 5.76. The first kappa shape index (κ1) is 21.6. The van der Waals surface area contributed by atoms with Crippen molar-refractivity contribution in [3.05, 3.63) is 87.7 Å². The van der Waals surface area contributed by atoms with Crippen molar-refractivity contribution in [2.75, 3.05) is 6.61 Å². The van der Waals surface area contributed by atoms with Crippen molar-refractivity contribution < 1.29 is 20.1 Å². The first-order chi connectivity index (χ1) is 15.0. The van der Waals surface area contributed by atoms with E-state index < -0.39 is 24.4 Å². The Balaban J connectivity index is 1.49. The molecular formula is C24H23ClN2O4. The molecule has 1 saturated heterocycles. The van der Waals surface area contributed by atoms with E-state index in [1.165, 1.54) is 0 Å². The Labute approximate surface area is 185 Å². The fourth-order valence-corrected chi connectivity index (χ4v) is 3.82. The third kappa shape index (κ3) is 5.16. The summed E-state index contributed by atoms with van der Waals surface area (Å²) in [6.45, 7) is -0.356. The van der Waals surface area contributed by atoms with Crippen LogP contribution in [0.15, 0.2) is 54.9 Å². The molecule has 1 aliphatic heterocycles. The van der Waals surface area contributed by atoms with Crippen molar-refractivity contribution in [1.82, 2.24) is 10.2 Å². The molecule has 31 heavy (non-hydrogen) atoms. The first-order valence-corrected chi connectivity index (χ1v) is 10.4. The Morgan fingerprint density at radius 3 is 2.58 bits per heavy atom. The summed E-state index contributed by atoms with van der Waals surface area (Å²) in [6, 6.07) is 13.6. The van der Waals surface area contributed by atoms with Crippen LogP contribution in [-0.4, -0.2) is 50.4 Å². The fraction of sp³-hybridized carbons (Fsp3) is 0.292. The van der Waals surface area contributed by atoms with Crippen molar-refractivity contribution in [2.45, 2.75) is 37.3 Å². The van der Waals surface area contributed by atoms with E-state index in [0.717, 1.165) is 27.8 Å². The molecule has 4 N–H and O–H groups in total. The molecule has 1 fully saturated rings. The number of H-pyrrole nitrogens is 1. The number of ether oxygens (including phenoxy) is 1. The number of rotatable bonds is 4. The van der Waals surface area contributed by atoms with Crippen LogP contribution in [0.1, 0.15) is 40.3 Å². The molecule has 2 aromatic carbocycles. The number of nitrogens with one attached hydrogen (secondary N) is 1. The number of benzene rings is 2. The normalized spacial score (nSPS) is 23.2. The van der Waals surface area contributed by atoms with Gasteiger partial charge in [-0.3, -0.25) is 5.10 Å². The van der Waals surface area contributed by atoms with Crippen molar-refractivity contribution in [2.24, 2.45) is 0 Å². The lowest BCUT2D eigenvalue weighted by Gasteiger charge is -2.36. The van der Waals surface area contributed by atoms with Crippen LogP contribution in [0.3, 0.4) is 0 Å². The predicted octanol–water partition coefficient (Wildman–Crippen LogP) is 2.60. The van der Waals surface area contributed by atoms with E-state index in [-0.39, 0.29) is 13.0 Å². The van der Waals surface area contributed by atoms with E-state index in [9.17, 15) is 15.3 Å². The van der Waals surface area contributed by atoms with Crippen LogP contribution < -0.4 is 0 Å². The van der Waals surface area contributed by atoms with Gasteiger partial charge in [0.2, 0.25) is 0 Å². The molecular weight excluding hydrogens is 416 g/mol. The van der Waals surface area contributed by atoms with Gasteiger partial charge in [0.15, 0.2) is 0 Å². The summed E-state index contributed by atoms with van der Waals surface area (Å²) in [7, 11) is 0. The zero-order valence-electron chi connectivity index (χ0n) is 16.7. The molecule has 0 aliphatic carbocycles. The third-order valence-electron chi connectivity index (χ3n) is 5.39. The van der Waals surface area contributed by atoms with Crippen molar-refractivity contribution in [3.63, 3.8) is 0 Å². The maximum Gasteiger partial charge on any atom is 0.110 e. The molecule has 4 rings (SSSR count). The van der Waals surface area contributed by atoms with Crippen LogP contribution in [0.25, 0.3) is 0 Å². The summed E-state index contributed by atoms with van der Waals surface area (Å²) >= 11 is 6.43. The van der Waals surface area contributed by atoms with Gasteiger partial charge >= 0.3 is 0 Å². The van der Waals surface area contributed by atoms with E-state index in [2.05, 4.69) is 22.0 Å². The highest BCUT2D eigenvalue weighted by Gasteiger charge is 2.37. The quantitative estimate of drug-likeness (QED) is 0.469. The molecule has 0 amide bonds.